The fraction of sp³-hybridized carbons (Fsp3) is 0.545. The maximum atomic E-state index is 12.9. The molecule has 0 saturated carbocycles. The van der Waals surface area contributed by atoms with Crippen LogP contribution in [0.2, 0.25) is 0 Å². The Morgan fingerprint density at radius 2 is 1.60 bits per heavy atom. The largest absolute Gasteiger partial charge is 0.480 e. The van der Waals surface area contributed by atoms with Gasteiger partial charge in [0.15, 0.2) is 0 Å². The van der Waals surface area contributed by atoms with E-state index < -0.39 is 32.3 Å². The predicted molar refractivity (Wildman–Crippen MR) is 128 cm³/mol. The Labute approximate surface area is 205 Å². The van der Waals surface area contributed by atoms with Crippen molar-refractivity contribution in [3.8, 4) is 0 Å². The first-order valence-corrected chi connectivity index (χ1v) is 12.7. The topological polar surface area (TPSA) is 180 Å². The van der Waals surface area contributed by atoms with Crippen molar-refractivity contribution in [2.75, 3.05) is 19.7 Å². The molecule has 7 N–H and O–H groups in total. The number of unbranched alkanes of at least 4 members (excludes halogenated alkanes) is 3. The minimum atomic E-state index is -1.88. The second-order valence-electron chi connectivity index (χ2n) is 7.76. The molecule has 0 saturated heterocycles. The maximum Gasteiger partial charge on any atom is 0.326 e. The molecule has 0 bridgehead atoms. The van der Waals surface area contributed by atoms with Crippen LogP contribution in [-0.2, 0) is 18.9 Å². The molecule has 1 rings (SSSR count). The summed E-state index contributed by atoms with van der Waals surface area (Å²) in [4.78, 5) is 56.1. The standard InChI is InChI=1S/C22H34FN4O7P/c23-17-9-7-16(8-10-17)21(30)26-14-3-1-2-6-20(29)27-18(22(31)32)11-12-19(28)25-13-4-5-15-34-35(24)33/h7-10,18,33H,1-6,11-15,24H2,(H,25,28)(H,26,30)(H,27,29)(H,31,32). The fourth-order valence-corrected chi connectivity index (χ4v) is 3.31. The number of benzene rings is 1. The molecule has 0 aliphatic rings. The molecule has 0 heterocycles. The van der Waals surface area contributed by atoms with Crippen LogP contribution in [0.1, 0.15) is 61.7 Å². The molecule has 1 aromatic carbocycles. The van der Waals surface area contributed by atoms with Crippen molar-refractivity contribution in [3.63, 3.8) is 0 Å². The van der Waals surface area contributed by atoms with Crippen LogP contribution in [-0.4, -0.2) is 59.4 Å². The number of nitrogens with two attached hydrogens (primary N) is 1. The van der Waals surface area contributed by atoms with Crippen molar-refractivity contribution in [2.45, 2.75) is 57.4 Å². The Bertz CT molecular complexity index is 811. The third-order valence-corrected chi connectivity index (χ3v) is 5.33. The van der Waals surface area contributed by atoms with Crippen molar-refractivity contribution < 1.29 is 38.1 Å². The zero-order chi connectivity index (χ0) is 26.1. The van der Waals surface area contributed by atoms with E-state index in [1.54, 1.807) is 0 Å². The van der Waals surface area contributed by atoms with Gasteiger partial charge in [-0.05, 0) is 56.4 Å². The second-order valence-corrected chi connectivity index (χ2v) is 8.63. The summed E-state index contributed by atoms with van der Waals surface area (Å²) < 4.78 is 17.7. The van der Waals surface area contributed by atoms with E-state index in [4.69, 9.17) is 14.9 Å². The van der Waals surface area contributed by atoms with E-state index in [0.717, 1.165) is 0 Å². The number of rotatable bonds is 18. The number of hydrogen-bond acceptors (Lipinski definition) is 7. The summed E-state index contributed by atoms with van der Waals surface area (Å²) in [6.07, 6.45) is 3.05. The van der Waals surface area contributed by atoms with Gasteiger partial charge in [-0.15, -0.1) is 0 Å². The zero-order valence-electron chi connectivity index (χ0n) is 19.5. The van der Waals surface area contributed by atoms with Crippen LogP contribution in [0.15, 0.2) is 24.3 Å². The van der Waals surface area contributed by atoms with Crippen LogP contribution in [0.4, 0.5) is 4.39 Å². The van der Waals surface area contributed by atoms with Gasteiger partial charge in [-0.3, -0.25) is 19.9 Å². The predicted octanol–water partition coefficient (Wildman–Crippen LogP) is 1.56. The first-order valence-electron chi connectivity index (χ1n) is 11.4. The van der Waals surface area contributed by atoms with Crippen molar-refractivity contribution in [1.29, 1.82) is 0 Å². The van der Waals surface area contributed by atoms with Gasteiger partial charge < -0.3 is 30.5 Å². The van der Waals surface area contributed by atoms with Crippen LogP contribution < -0.4 is 21.5 Å². The van der Waals surface area contributed by atoms with E-state index in [1.807, 2.05) is 0 Å². The molecule has 0 aromatic heterocycles. The van der Waals surface area contributed by atoms with Gasteiger partial charge in [-0.25, -0.2) is 9.18 Å². The van der Waals surface area contributed by atoms with Crippen molar-refractivity contribution in [3.05, 3.63) is 35.6 Å². The Morgan fingerprint density at radius 1 is 0.943 bits per heavy atom. The zero-order valence-corrected chi connectivity index (χ0v) is 20.4. The van der Waals surface area contributed by atoms with Gasteiger partial charge in [-0.1, -0.05) is 6.42 Å². The van der Waals surface area contributed by atoms with Gasteiger partial charge >= 0.3 is 5.97 Å². The first kappa shape index (κ1) is 30.4. The number of amides is 3. The maximum absolute atomic E-state index is 12.9. The number of carboxylic acid groups (broad SMARTS) is 1. The van der Waals surface area contributed by atoms with E-state index in [9.17, 15) is 28.7 Å². The lowest BCUT2D eigenvalue weighted by molar-refractivity contribution is -0.142. The molecule has 2 unspecified atom stereocenters. The van der Waals surface area contributed by atoms with Crippen LogP contribution in [0.3, 0.4) is 0 Å². The fourth-order valence-electron chi connectivity index (χ4n) is 2.99. The first-order chi connectivity index (χ1) is 16.7. The monoisotopic (exact) mass is 516 g/mol. The average Bonchev–Trinajstić information content (AvgIpc) is 2.81. The summed E-state index contributed by atoms with van der Waals surface area (Å²) in [5.41, 5.74) is 5.45. The SMILES string of the molecule is NP(O)OCCCCNC(=O)CCC(NC(=O)CCCCCNC(=O)c1ccc(F)cc1)C(=O)O. The van der Waals surface area contributed by atoms with Gasteiger partial charge in [0.05, 0.1) is 6.61 Å². The molecule has 196 valence electrons. The van der Waals surface area contributed by atoms with E-state index in [0.29, 0.717) is 50.8 Å². The number of halogens is 1. The minimum Gasteiger partial charge on any atom is -0.480 e. The lowest BCUT2D eigenvalue weighted by Gasteiger charge is -2.14. The third-order valence-electron chi connectivity index (χ3n) is 4.88. The Morgan fingerprint density at radius 3 is 2.26 bits per heavy atom. The second kappa shape index (κ2) is 17.7. The Hall–Kier alpha value is -2.66. The molecule has 0 radical (unpaired) electrons. The van der Waals surface area contributed by atoms with Crippen LogP contribution in [0.5, 0.6) is 0 Å². The number of carbonyl (C=O) groups excluding carboxylic acids is 3. The lowest BCUT2D eigenvalue weighted by atomic mass is 10.1. The molecular weight excluding hydrogens is 482 g/mol. The van der Waals surface area contributed by atoms with Crippen LogP contribution >= 0.6 is 8.53 Å². The highest BCUT2D eigenvalue weighted by Gasteiger charge is 2.20. The third kappa shape index (κ3) is 15.0. The molecule has 13 heteroatoms. The summed E-state index contributed by atoms with van der Waals surface area (Å²) in [6, 6.07) is 4.04. The number of carbonyl (C=O) groups is 4. The number of aliphatic carboxylic acids is 1. The number of nitrogens with one attached hydrogen (secondary N) is 3. The average molecular weight is 517 g/mol. The van der Waals surface area contributed by atoms with Crippen molar-refractivity contribution in [2.24, 2.45) is 5.50 Å². The van der Waals surface area contributed by atoms with Gasteiger partial charge in [0.1, 0.15) is 11.9 Å². The molecule has 0 aliphatic heterocycles. The molecule has 11 nitrogen and oxygen atoms in total. The highest BCUT2D eigenvalue weighted by molar-refractivity contribution is 7.43. The van der Waals surface area contributed by atoms with E-state index >= 15 is 0 Å². The Kier molecular flexibility index (Phi) is 15.4. The van der Waals surface area contributed by atoms with E-state index in [-0.39, 0.29) is 37.7 Å². The van der Waals surface area contributed by atoms with Crippen LogP contribution in [0, 0.1) is 5.82 Å². The molecular formula is C22H34FN4O7P. The summed E-state index contributed by atoms with van der Waals surface area (Å²) in [5, 5.41) is 17.1. The van der Waals surface area contributed by atoms with Gasteiger partial charge in [0.25, 0.3) is 5.91 Å². The van der Waals surface area contributed by atoms with Crippen molar-refractivity contribution in [1.82, 2.24) is 16.0 Å². The molecule has 0 fully saturated rings. The molecule has 1 aromatic rings. The summed E-state index contributed by atoms with van der Waals surface area (Å²) in [7, 11) is -1.88. The normalized spacial score (nSPS) is 12.4. The van der Waals surface area contributed by atoms with E-state index in [2.05, 4.69) is 16.0 Å². The Balaban J connectivity index is 2.15. The molecule has 0 aliphatic carbocycles. The lowest BCUT2D eigenvalue weighted by Crippen LogP contribution is -2.41. The minimum absolute atomic E-state index is 0.0343. The quantitative estimate of drug-likeness (QED) is 0.126. The number of carboxylic acids is 1. The van der Waals surface area contributed by atoms with E-state index in [1.165, 1.54) is 24.3 Å². The van der Waals surface area contributed by atoms with Gasteiger partial charge in [0, 0.05) is 31.5 Å². The highest BCUT2D eigenvalue weighted by atomic mass is 31.2. The van der Waals surface area contributed by atoms with Gasteiger partial charge in [-0.2, -0.15) is 0 Å². The smallest absolute Gasteiger partial charge is 0.326 e. The molecule has 0 spiro atoms. The number of hydrogen-bond donors (Lipinski definition) is 6. The summed E-state index contributed by atoms with van der Waals surface area (Å²) >= 11 is 0. The molecule has 3 amide bonds. The van der Waals surface area contributed by atoms with Gasteiger partial charge in [0.2, 0.25) is 20.3 Å². The summed E-state index contributed by atoms with van der Waals surface area (Å²) in [6.45, 7) is 1.06. The molecule has 2 atom stereocenters. The van der Waals surface area contributed by atoms with Crippen LogP contribution in [0.25, 0.3) is 0 Å². The summed E-state index contributed by atoms with van der Waals surface area (Å²) in [5.74, 6) is -2.68. The van der Waals surface area contributed by atoms with Crippen molar-refractivity contribution >= 4 is 32.2 Å². The molecule has 35 heavy (non-hydrogen) atoms. The highest BCUT2D eigenvalue weighted by Crippen LogP contribution is 2.19.